The first kappa shape index (κ1) is 21.7. The number of hydrogen-bond acceptors (Lipinski definition) is 4. The maximum absolute atomic E-state index is 12.8. The Labute approximate surface area is 181 Å². The Morgan fingerprint density at radius 2 is 1.77 bits per heavy atom. The number of carbonyl (C=O) groups is 1. The first-order chi connectivity index (χ1) is 14.3. The zero-order valence-corrected chi connectivity index (χ0v) is 18.0. The Morgan fingerprint density at radius 3 is 2.50 bits per heavy atom. The Kier molecular flexibility index (Phi) is 7.03. The average Bonchev–Trinajstić information content (AvgIpc) is 2.69. The Bertz CT molecular complexity index is 1170. The first-order valence-electron chi connectivity index (χ1n) is 9.27. The highest BCUT2D eigenvalue weighted by Gasteiger charge is 2.16. The zero-order valence-electron chi connectivity index (χ0n) is 16.4. The number of nitrogens with zero attached hydrogens (tertiary/aromatic N) is 1. The summed E-state index contributed by atoms with van der Waals surface area (Å²) in [5.41, 5.74) is 5.46. The lowest BCUT2D eigenvalue weighted by atomic mass is 10.1. The summed E-state index contributed by atoms with van der Waals surface area (Å²) in [6, 6.07) is 20.9. The van der Waals surface area contributed by atoms with Crippen molar-refractivity contribution >= 4 is 33.6 Å². The molecular formula is C23H21ClN2O3S. The summed E-state index contributed by atoms with van der Waals surface area (Å²) >= 11 is 5.92. The van der Waals surface area contributed by atoms with Gasteiger partial charge in [0, 0.05) is 5.02 Å². The van der Waals surface area contributed by atoms with Crippen LogP contribution in [0, 0.1) is 6.92 Å². The van der Waals surface area contributed by atoms with Crippen molar-refractivity contribution in [2.45, 2.75) is 24.0 Å². The van der Waals surface area contributed by atoms with Crippen LogP contribution < -0.4 is 5.43 Å². The maximum Gasteiger partial charge on any atom is 0.244 e. The van der Waals surface area contributed by atoms with Gasteiger partial charge in [0.2, 0.25) is 5.91 Å². The van der Waals surface area contributed by atoms with Crippen molar-refractivity contribution in [3.05, 3.63) is 100 Å². The van der Waals surface area contributed by atoms with Crippen LogP contribution in [0.1, 0.15) is 22.3 Å². The molecule has 0 saturated carbocycles. The predicted molar refractivity (Wildman–Crippen MR) is 119 cm³/mol. The van der Waals surface area contributed by atoms with Gasteiger partial charge >= 0.3 is 0 Å². The van der Waals surface area contributed by atoms with E-state index in [1.54, 1.807) is 72.8 Å². The lowest BCUT2D eigenvalue weighted by Crippen LogP contribution is -2.19. The second-order valence-electron chi connectivity index (χ2n) is 6.87. The Hall–Kier alpha value is -2.96. The van der Waals surface area contributed by atoms with Crippen molar-refractivity contribution in [2.24, 2.45) is 5.10 Å². The van der Waals surface area contributed by atoms with E-state index in [4.69, 9.17) is 11.6 Å². The minimum atomic E-state index is -3.50. The van der Waals surface area contributed by atoms with E-state index in [-0.39, 0.29) is 23.0 Å². The molecule has 0 spiro atoms. The number of aryl methyl sites for hydroxylation is 1. The second-order valence-corrected chi connectivity index (χ2v) is 9.30. The molecule has 0 aliphatic heterocycles. The molecule has 1 amide bonds. The molecule has 3 aromatic carbocycles. The first-order valence-corrected chi connectivity index (χ1v) is 11.3. The van der Waals surface area contributed by atoms with Crippen molar-refractivity contribution < 1.29 is 13.2 Å². The van der Waals surface area contributed by atoms with Crippen molar-refractivity contribution in [3.63, 3.8) is 0 Å². The average molecular weight is 441 g/mol. The Morgan fingerprint density at radius 1 is 1.03 bits per heavy atom. The van der Waals surface area contributed by atoms with Gasteiger partial charge < -0.3 is 0 Å². The molecule has 0 heterocycles. The molecule has 0 atom stereocenters. The van der Waals surface area contributed by atoms with Crippen LogP contribution in [0.5, 0.6) is 0 Å². The van der Waals surface area contributed by atoms with Crippen LogP contribution in [-0.4, -0.2) is 20.5 Å². The molecule has 3 rings (SSSR count). The number of rotatable bonds is 7. The van der Waals surface area contributed by atoms with Gasteiger partial charge in [-0.1, -0.05) is 65.7 Å². The zero-order chi connectivity index (χ0) is 21.6. The number of hydrazone groups is 1. The third-order valence-corrected chi connectivity index (χ3v) is 6.34. The highest BCUT2D eigenvalue weighted by atomic mass is 35.5. The molecule has 0 aromatic heterocycles. The molecule has 30 heavy (non-hydrogen) atoms. The third-order valence-electron chi connectivity index (χ3n) is 4.43. The maximum atomic E-state index is 12.8. The van der Waals surface area contributed by atoms with E-state index in [9.17, 15) is 13.2 Å². The van der Waals surface area contributed by atoms with Gasteiger partial charge in [0.1, 0.15) is 0 Å². The van der Waals surface area contributed by atoms with Gasteiger partial charge in [-0.15, -0.1) is 0 Å². The van der Waals surface area contributed by atoms with Gasteiger partial charge in [0.15, 0.2) is 9.84 Å². The summed E-state index contributed by atoms with van der Waals surface area (Å²) in [5.74, 6) is -0.451. The molecule has 3 aromatic rings. The van der Waals surface area contributed by atoms with Crippen molar-refractivity contribution in [2.75, 3.05) is 0 Å². The second kappa shape index (κ2) is 9.69. The van der Waals surface area contributed by atoms with Gasteiger partial charge in [-0.3, -0.25) is 4.79 Å². The van der Waals surface area contributed by atoms with E-state index in [0.717, 1.165) is 11.1 Å². The molecule has 154 valence electrons. The number of carbonyl (C=O) groups excluding carboxylic acids is 1. The molecular weight excluding hydrogens is 420 g/mol. The van der Waals surface area contributed by atoms with E-state index in [1.165, 1.54) is 6.21 Å². The molecule has 7 heteroatoms. The summed E-state index contributed by atoms with van der Waals surface area (Å²) in [6.45, 7) is 1.91. The standard InChI is InChI=1S/C23H21ClN2O3S/c1-17-9-11-22(12-10-17)30(28,29)16-20-7-3-2-6-19(20)15-25-26-23(27)14-18-5-4-8-21(24)13-18/h2-13,15H,14,16H2,1H3,(H,26,27). The van der Waals surface area contributed by atoms with Crippen LogP contribution >= 0.6 is 11.6 Å². The van der Waals surface area contributed by atoms with Crippen molar-refractivity contribution in [3.8, 4) is 0 Å². The summed E-state index contributed by atoms with van der Waals surface area (Å²) in [6.07, 6.45) is 1.59. The van der Waals surface area contributed by atoms with Crippen LogP contribution in [0.3, 0.4) is 0 Å². The summed E-state index contributed by atoms with van der Waals surface area (Å²) < 4.78 is 25.5. The van der Waals surface area contributed by atoms with Crippen LogP contribution in [0.2, 0.25) is 5.02 Å². The monoisotopic (exact) mass is 440 g/mol. The summed E-state index contributed by atoms with van der Waals surface area (Å²) in [5, 5.41) is 4.55. The lowest BCUT2D eigenvalue weighted by Gasteiger charge is -2.08. The normalized spacial score (nSPS) is 11.5. The molecule has 0 fully saturated rings. The number of amides is 1. The predicted octanol–water partition coefficient (Wildman–Crippen LogP) is 4.32. The van der Waals surface area contributed by atoms with Crippen molar-refractivity contribution in [1.82, 2.24) is 5.43 Å². The SMILES string of the molecule is Cc1ccc(S(=O)(=O)Cc2ccccc2C=NNC(=O)Cc2cccc(Cl)c2)cc1. The van der Waals surface area contributed by atoms with Crippen LogP contribution in [-0.2, 0) is 26.8 Å². The topological polar surface area (TPSA) is 75.6 Å². The molecule has 0 unspecified atom stereocenters. The molecule has 1 N–H and O–H groups in total. The van der Waals surface area contributed by atoms with E-state index < -0.39 is 9.84 Å². The fourth-order valence-electron chi connectivity index (χ4n) is 2.87. The summed E-state index contributed by atoms with van der Waals surface area (Å²) in [7, 11) is -3.50. The van der Waals surface area contributed by atoms with Gasteiger partial charge in [-0.05, 0) is 47.9 Å². The number of nitrogens with one attached hydrogen (secondary N) is 1. The minimum absolute atomic E-state index is 0.140. The highest BCUT2D eigenvalue weighted by molar-refractivity contribution is 7.90. The largest absolute Gasteiger partial charge is 0.273 e. The molecule has 0 bridgehead atoms. The molecule has 0 aliphatic rings. The summed E-state index contributed by atoms with van der Waals surface area (Å²) in [4.78, 5) is 12.3. The van der Waals surface area contributed by atoms with Gasteiger partial charge in [0.25, 0.3) is 0 Å². The fourth-order valence-corrected chi connectivity index (χ4v) is 4.47. The highest BCUT2D eigenvalue weighted by Crippen LogP contribution is 2.19. The van der Waals surface area contributed by atoms with Crippen LogP contribution in [0.15, 0.2) is 82.8 Å². The molecule has 0 saturated heterocycles. The third kappa shape index (κ3) is 6.02. The van der Waals surface area contributed by atoms with E-state index in [2.05, 4.69) is 10.5 Å². The molecule has 5 nitrogen and oxygen atoms in total. The van der Waals surface area contributed by atoms with Crippen LogP contribution in [0.4, 0.5) is 0 Å². The lowest BCUT2D eigenvalue weighted by molar-refractivity contribution is -0.120. The Balaban J connectivity index is 1.69. The van der Waals surface area contributed by atoms with Gasteiger partial charge in [0.05, 0.1) is 23.3 Å². The number of sulfone groups is 1. The number of halogens is 1. The van der Waals surface area contributed by atoms with Gasteiger partial charge in [-0.2, -0.15) is 5.10 Å². The van der Waals surface area contributed by atoms with E-state index >= 15 is 0 Å². The van der Waals surface area contributed by atoms with E-state index in [1.807, 2.05) is 6.92 Å². The minimum Gasteiger partial charge on any atom is -0.273 e. The molecule has 0 radical (unpaired) electrons. The van der Waals surface area contributed by atoms with Crippen molar-refractivity contribution in [1.29, 1.82) is 0 Å². The quantitative estimate of drug-likeness (QED) is 0.439. The van der Waals surface area contributed by atoms with Crippen LogP contribution in [0.25, 0.3) is 0 Å². The number of benzene rings is 3. The van der Waals surface area contributed by atoms with E-state index in [0.29, 0.717) is 16.1 Å². The smallest absolute Gasteiger partial charge is 0.244 e. The van der Waals surface area contributed by atoms with Gasteiger partial charge in [-0.25, -0.2) is 13.8 Å². The fraction of sp³-hybridized carbons (Fsp3) is 0.130. The number of hydrogen-bond donors (Lipinski definition) is 1. The molecule has 0 aliphatic carbocycles.